The number of rotatable bonds is 3. The summed E-state index contributed by atoms with van der Waals surface area (Å²) in [6.45, 7) is 0.632. The third-order valence-corrected chi connectivity index (χ3v) is 1.48. The predicted octanol–water partition coefficient (Wildman–Crippen LogP) is 1.87. The van der Waals surface area contributed by atoms with E-state index < -0.39 is 4.84 Å². The van der Waals surface area contributed by atoms with Gasteiger partial charge in [0, 0.05) is 0 Å². The van der Waals surface area contributed by atoms with Gasteiger partial charge in [-0.05, 0) is 7.05 Å². The van der Waals surface area contributed by atoms with Gasteiger partial charge >= 0.3 is 0 Å². The molecule has 0 aliphatic carbocycles. The molecule has 1 N–H and O–H groups in total. The van der Waals surface area contributed by atoms with Crippen LogP contribution >= 0.6 is 23.2 Å². The number of oxazole rings is 1. The van der Waals surface area contributed by atoms with Crippen molar-refractivity contribution in [2.24, 2.45) is 0 Å². The molecule has 0 amide bonds. The molecule has 1 aromatic rings. The molecule has 0 fully saturated rings. The summed E-state index contributed by atoms with van der Waals surface area (Å²) >= 11 is 11.0. The molecule has 0 aliphatic rings. The number of halogens is 2. The van der Waals surface area contributed by atoms with Crippen molar-refractivity contribution < 1.29 is 4.42 Å². The second-order valence-corrected chi connectivity index (χ2v) is 3.09. The number of nitrogens with zero attached hydrogens (tertiary/aromatic N) is 1. The average molecular weight is 195 g/mol. The minimum Gasteiger partial charge on any atom is -0.441 e. The molecule has 0 spiro atoms. The van der Waals surface area contributed by atoms with Crippen LogP contribution in [0.3, 0.4) is 0 Å². The average Bonchev–Trinajstić information content (AvgIpc) is 2.37. The van der Waals surface area contributed by atoms with Crippen LogP contribution in [0.15, 0.2) is 10.6 Å². The van der Waals surface area contributed by atoms with Crippen molar-refractivity contribution >= 4 is 23.2 Å². The summed E-state index contributed by atoms with van der Waals surface area (Å²) in [7, 11) is 1.82. The van der Waals surface area contributed by atoms with Gasteiger partial charge in [-0.2, -0.15) is 0 Å². The van der Waals surface area contributed by atoms with E-state index in [0.717, 1.165) is 5.76 Å². The first kappa shape index (κ1) is 8.84. The van der Waals surface area contributed by atoms with Crippen LogP contribution in [0.2, 0.25) is 0 Å². The molecule has 0 atom stereocenters. The van der Waals surface area contributed by atoms with E-state index in [9.17, 15) is 0 Å². The molecular weight excluding hydrogens is 187 g/mol. The Hall–Kier alpha value is -0.250. The van der Waals surface area contributed by atoms with E-state index in [1.807, 2.05) is 7.05 Å². The lowest BCUT2D eigenvalue weighted by Crippen LogP contribution is -2.03. The van der Waals surface area contributed by atoms with Gasteiger partial charge in [0.1, 0.15) is 5.76 Å². The van der Waals surface area contributed by atoms with E-state index in [1.165, 1.54) is 0 Å². The Morgan fingerprint density at radius 2 is 2.45 bits per heavy atom. The van der Waals surface area contributed by atoms with E-state index in [-0.39, 0.29) is 0 Å². The predicted molar refractivity (Wildman–Crippen MR) is 43.7 cm³/mol. The third-order valence-electron chi connectivity index (χ3n) is 1.11. The highest BCUT2D eigenvalue weighted by Crippen LogP contribution is 2.23. The van der Waals surface area contributed by atoms with Gasteiger partial charge < -0.3 is 9.73 Å². The van der Waals surface area contributed by atoms with Gasteiger partial charge in [-0.25, -0.2) is 4.98 Å². The highest BCUT2D eigenvalue weighted by molar-refractivity contribution is 6.43. The molecule has 1 rings (SSSR count). The Morgan fingerprint density at radius 1 is 1.73 bits per heavy atom. The molecule has 0 aliphatic heterocycles. The van der Waals surface area contributed by atoms with Gasteiger partial charge in [0.15, 0.2) is 4.84 Å². The summed E-state index contributed by atoms with van der Waals surface area (Å²) in [5.41, 5.74) is 0. The summed E-state index contributed by atoms with van der Waals surface area (Å²) in [6.07, 6.45) is 1.60. The molecule has 3 nitrogen and oxygen atoms in total. The van der Waals surface area contributed by atoms with Crippen LogP contribution in [-0.2, 0) is 6.54 Å². The van der Waals surface area contributed by atoms with Crippen LogP contribution < -0.4 is 5.32 Å². The lowest BCUT2D eigenvalue weighted by molar-refractivity contribution is 0.457. The Labute approximate surface area is 74.7 Å². The van der Waals surface area contributed by atoms with Gasteiger partial charge in [0.25, 0.3) is 0 Å². The first-order valence-electron chi connectivity index (χ1n) is 3.11. The first-order valence-corrected chi connectivity index (χ1v) is 3.98. The Morgan fingerprint density at radius 3 is 2.91 bits per heavy atom. The van der Waals surface area contributed by atoms with Crippen LogP contribution in [0.4, 0.5) is 0 Å². The molecule has 1 aromatic heterocycles. The molecule has 1 heterocycles. The van der Waals surface area contributed by atoms with Crippen molar-refractivity contribution in [2.45, 2.75) is 11.4 Å². The maximum atomic E-state index is 5.51. The minimum absolute atomic E-state index is 0.346. The van der Waals surface area contributed by atoms with Crippen molar-refractivity contribution in [3.63, 3.8) is 0 Å². The lowest BCUT2D eigenvalue weighted by atomic mass is 10.5. The van der Waals surface area contributed by atoms with Crippen LogP contribution in [0, 0.1) is 0 Å². The van der Waals surface area contributed by atoms with E-state index in [2.05, 4.69) is 10.3 Å². The van der Waals surface area contributed by atoms with Crippen LogP contribution in [0.1, 0.15) is 16.5 Å². The van der Waals surface area contributed by atoms with Gasteiger partial charge in [-0.15, -0.1) is 0 Å². The van der Waals surface area contributed by atoms with Crippen molar-refractivity contribution in [1.82, 2.24) is 10.3 Å². The number of hydrogen-bond acceptors (Lipinski definition) is 3. The topological polar surface area (TPSA) is 38.1 Å². The monoisotopic (exact) mass is 194 g/mol. The number of aromatic nitrogens is 1. The zero-order chi connectivity index (χ0) is 8.27. The molecule has 11 heavy (non-hydrogen) atoms. The largest absolute Gasteiger partial charge is 0.441 e. The SMILES string of the molecule is CNCc1cnc(C(Cl)Cl)o1. The van der Waals surface area contributed by atoms with Crippen LogP contribution in [0.5, 0.6) is 0 Å². The Kier molecular flexibility index (Phi) is 3.17. The minimum atomic E-state index is -0.680. The molecule has 0 saturated heterocycles. The fourth-order valence-electron chi connectivity index (χ4n) is 0.679. The van der Waals surface area contributed by atoms with E-state index in [1.54, 1.807) is 6.20 Å². The fraction of sp³-hybridized carbons (Fsp3) is 0.500. The normalized spacial score (nSPS) is 10.9. The van der Waals surface area contributed by atoms with Crippen LogP contribution in [-0.4, -0.2) is 12.0 Å². The number of nitrogens with one attached hydrogen (secondary N) is 1. The third kappa shape index (κ3) is 2.36. The highest BCUT2D eigenvalue weighted by Gasteiger charge is 2.09. The second kappa shape index (κ2) is 3.95. The molecule has 0 aromatic carbocycles. The van der Waals surface area contributed by atoms with E-state index in [4.69, 9.17) is 27.6 Å². The maximum Gasteiger partial charge on any atom is 0.227 e. The van der Waals surface area contributed by atoms with Gasteiger partial charge in [-0.1, -0.05) is 23.2 Å². The molecule has 0 saturated carbocycles. The van der Waals surface area contributed by atoms with Gasteiger partial charge in [0.05, 0.1) is 12.7 Å². The zero-order valence-corrected chi connectivity index (χ0v) is 7.49. The fourth-order valence-corrected chi connectivity index (χ4v) is 0.881. The quantitative estimate of drug-likeness (QED) is 0.748. The summed E-state index contributed by atoms with van der Waals surface area (Å²) in [5.74, 6) is 1.08. The van der Waals surface area contributed by atoms with Gasteiger partial charge in [-0.3, -0.25) is 0 Å². The molecule has 0 unspecified atom stereocenters. The van der Waals surface area contributed by atoms with E-state index in [0.29, 0.717) is 12.4 Å². The van der Waals surface area contributed by atoms with Gasteiger partial charge in [0.2, 0.25) is 5.89 Å². The summed E-state index contributed by atoms with van der Waals surface area (Å²) in [5, 5.41) is 2.92. The summed E-state index contributed by atoms with van der Waals surface area (Å²) < 4.78 is 5.15. The summed E-state index contributed by atoms with van der Waals surface area (Å²) in [6, 6.07) is 0. The van der Waals surface area contributed by atoms with Crippen molar-refractivity contribution in [3.8, 4) is 0 Å². The Bertz CT molecular complexity index is 224. The smallest absolute Gasteiger partial charge is 0.227 e. The molecular formula is C6H8Cl2N2O. The molecule has 0 radical (unpaired) electrons. The molecule has 5 heteroatoms. The van der Waals surface area contributed by atoms with Crippen molar-refractivity contribution in [3.05, 3.63) is 17.8 Å². The van der Waals surface area contributed by atoms with Crippen LogP contribution in [0.25, 0.3) is 0 Å². The number of hydrogen-bond donors (Lipinski definition) is 1. The second-order valence-electron chi connectivity index (χ2n) is 2.00. The standard InChI is InChI=1S/C6H8Cl2N2O/c1-9-2-4-3-10-6(11-4)5(7)8/h3,5,9H,2H2,1H3. The number of alkyl halides is 2. The van der Waals surface area contributed by atoms with Crippen molar-refractivity contribution in [2.75, 3.05) is 7.05 Å². The van der Waals surface area contributed by atoms with Crippen molar-refractivity contribution in [1.29, 1.82) is 0 Å². The Balaban J connectivity index is 2.66. The summed E-state index contributed by atoms with van der Waals surface area (Å²) in [4.78, 5) is 3.18. The zero-order valence-electron chi connectivity index (χ0n) is 5.97. The lowest BCUT2D eigenvalue weighted by Gasteiger charge is -1.93. The first-order chi connectivity index (χ1) is 5.24. The maximum absolute atomic E-state index is 5.51. The molecule has 62 valence electrons. The molecule has 0 bridgehead atoms. The van der Waals surface area contributed by atoms with E-state index >= 15 is 0 Å². The highest BCUT2D eigenvalue weighted by atomic mass is 35.5.